The molecule has 21 heavy (non-hydrogen) atoms. The SMILES string of the molecule is CCCn1c(-c2cccc(O)c2)c(C)c2cc(O)ccc21. The van der Waals surface area contributed by atoms with Gasteiger partial charge in [0.05, 0.1) is 5.69 Å². The maximum Gasteiger partial charge on any atom is 0.116 e. The highest BCUT2D eigenvalue weighted by atomic mass is 16.3. The van der Waals surface area contributed by atoms with Crippen LogP contribution in [0.1, 0.15) is 18.9 Å². The summed E-state index contributed by atoms with van der Waals surface area (Å²) in [7, 11) is 0. The molecule has 1 heterocycles. The molecule has 0 spiro atoms. The second-order valence-electron chi connectivity index (χ2n) is 5.38. The highest BCUT2D eigenvalue weighted by Crippen LogP contribution is 2.36. The van der Waals surface area contributed by atoms with Crippen LogP contribution >= 0.6 is 0 Å². The Hall–Kier alpha value is -2.42. The molecule has 0 unspecified atom stereocenters. The van der Waals surface area contributed by atoms with Crippen molar-refractivity contribution in [2.24, 2.45) is 0 Å². The maximum absolute atomic E-state index is 9.76. The zero-order valence-electron chi connectivity index (χ0n) is 12.3. The summed E-state index contributed by atoms with van der Waals surface area (Å²) in [6, 6.07) is 12.8. The van der Waals surface area contributed by atoms with Crippen molar-refractivity contribution in [3.63, 3.8) is 0 Å². The van der Waals surface area contributed by atoms with E-state index in [1.165, 1.54) is 0 Å². The molecule has 2 N–H and O–H groups in total. The molecule has 0 atom stereocenters. The molecular weight excluding hydrogens is 262 g/mol. The molecule has 0 fully saturated rings. The van der Waals surface area contributed by atoms with Gasteiger partial charge in [-0.15, -0.1) is 0 Å². The van der Waals surface area contributed by atoms with E-state index in [0.717, 1.165) is 40.7 Å². The van der Waals surface area contributed by atoms with Crippen LogP contribution in [0.2, 0.25) is 0 Å². The number of nitrogens with zero attached hydrogens (tertiary/aromatic N) is 1. The lowest BCUT2D eigenvalue weighted by Crippen LogP contribution is -1.99. The van der Waals surface area contributed by atoms with E-state index in [4.69, 9.17) is 0 Å². The number of aromatic nitrogens is 1. The van der Waals surface area contributed by atoms with Crippen molar-refractivity contribution >= 4 is 10.9 Å². The predicted octanol–water partition coefficient (Wildman–Crippen LogP) is 4.44. The Morgan fingerprint density at radius 1 is 1.00 bits per heavy atom. The molecule has 3 aromatic rings. The molecular formula is C18H19NO2. The van der Waals surface area contributed by atoms with Crippen LogP contribution in [0.25, 0.3) is 22.2 Å². The van der Waals surface area contributed by atoms with E-state index in [0.29, 0.717) is 0 Å². The molecule has 0 saturated heterocycles. The molecule has 0 aliphatic rings. The fraction of sp³-hybridized carbons (Fsp3) is 0.222. The molecule has 3 nitrogen and oxygen atoms in total. The van der Waals surface area contributed by atoms with Gasteiger partial charge in [-0.25, -0.2) is 0 Å². The lowest BCUT2D eigenvalue weighted by Gasteiger charge is -2.11. The molecule has 0 aliphatic carbocycles. The number of aromatic hydroxyl groups is 2. The van der Waals surface area contributed by atoms with Crippen molar-refractivity contribution in [2.45, 2.75) is 26.8 Å². The number of benzene rings is 2. The molecule has 3 rings (SSSR count). The molecule has 0 radical (unpaired) electrons. The molecule has 108 valence electrons. The van der Waals surface area contributed by atoms with Gasteiger partial charge >= 0.3 is 0 Å². The zero-order valence-corrected chi connectivity index (χ0v) is 12.3. The molecule has 2 aromatic carbocycles. The average Bonchev–Trinajstić information content (AvgIpc) is 2.72. The third-order valence-electron chi connectivity index (χ3n) is 3.87. The Bertz CT molecular complexity index is 802. The summed E-state index contributed by atoms with van der Waals surface area (Å²) in [6.07, 6.45) is 1.02. The van der Waals surface area contributed by atoms with Gasteiger partial charge in [0, 0.05) is 23.0 Å². The molecule has 1 aromatic heterocycles. The van der Waals surface area contributed by atoms with Crippen molar-refractivity contribution in [2.75, 3.05) is 0 Å². The number of rotatable bonds is 3. The van der Waals surface area contributed by atoms with Gasteiger partial charge < -0.3 is 14.8 Å². The van der Waals surface area contributed by atoms with Crippen LogP contribution in [-0.2, 0) is 6.54 Å². The molecule has 0 aliphatic heterocycles. The smallest absolute Gasteiger partial charge is 0.116 e. The number of aryl methyl sites for hydroxylation is 2. The number of hydrogen-bond donors (Lipinski definition) is 2. The van der Waals surface area contributed by atoms with Crippen molar-refractivity contribution in [1.29, 1.82) is 0 Å². The van der Waals surface area contributed by atoms with Crippen LogP contribution in [0.15, 0.2) is 42.5 Å². The van der Waals surface area contributed by atoms with E-state index in [1.54, 1.807) is 18.2 Å². The van der Waals surface area contributed by atoms with Crippen LogP contribution in [-0.4, -0.2) is 14.8 Å². The Balaban J connectivity index is 2.35. The van der Waals surface area contributed by atoms with Gasteiger partial charge in [-0.2, -0.15) is 0 Å². The number of phenolic OH excluding ortho intramolecular Hbond substituents is 2. The van der Waals surface area contributed by atoms with Gasteiger partial charge in [0.1, 0.15) is 11.5 Å². The average molecular weight is 281 g/mol. The van der Waals surface area contributed by atoms with Gasteiger partial charge in [0.2, 0.25) is 0 Å². The summed E-state index contributed by atoms with van der Waals surface area (Å²) in [4.78, 5) is 0. The lowest BCUT2D eigenvalue weighted by molar-refractivity contribution is 0.475. The van der Waals surface area contributed by atoms with Crippen LogP contribution in [0.3, 0.4) is 0 Å². The first-order chi connectivity index (χ1) is 10.1. The van der Waals surface area contributed by atoms with Crippen LogP contribution in [0.4, 0.5) is 0 Å². The highest BCUT2D eigenvalue weighted by Gasteiger charge is 2.16. The lowest BCUT2D eigenvalue weighted by atomic mass is 10.1. The fourth-order valence-electron chi connectivity index (χ4n) is 2.99. The first kappa shape index (κ1) is 13.6. The van der Waals surface area contributed by atoms with E-state index in [2.05, 4.69) is 18.4 Å². The predicted molar refractivity (Wildman–Crippen MR) is 85.7 cm³/mol. The summed E-state index contributed by atoms with van der Waals surface area (Å²) in [5.41, 5.74) is 4.34. The van der Waals surface area contributed by atoms with Gasteiger partial charge in [0.25, 0.3) is 0 Å². The van der Waals surface area contributed by atoms with Crippen molar-refractivity contribution in [1.82, 2.24) is 4.57 Å². The summed E-state index contributed by atoms with van der Waals surface area (Å²) in [5, 5.41) is 20.6. The van der Waals surface area contributed by atoms with Crippen molar-refractivity contribution in [3.05, 3.63) is 48.0 Å². The van der Waals surface area contributed by atoms with E-state index in [9.17, 15) is 10.2 Å². The Kier molecular flexibility index (Phi) is 3.34. The summed E-state index contributed by atoms with van der Waals surface area (Å²) in [5.74, 6) is 0.546. The third kappa shape index (κ3) is 2.25. The highest BCUT2D eigenvalue weighted by molar-refractivity contribution is 5.92. The van der Waals surface area contributed by atoms with E-state index in [1.807, 2.05) is 24.3 Å². The van der Waals surface area contributed by atoms with E-state index >= 15 is 0 Å². The zero-order chi connectivity index (χ0) is 15.0. The second-order valence-corrected chi connectivity index (χ2v) is 5.38. The Labute approximate surface area is 124 Å². The second kappa shape index (κ2) is 5.17. The minimum Gasteiger partial charge on any atom is -0.508 e. The third-order valence-corrected chi connectivity index (χ3v) is 3.87. The van der Waals surface area contributed by atoms with Gasteiger partial charge in [-0.05, 0) is 49.2 Å². The van der Waals surface area contributed by atoms with E-state index in [-0.39, 0.29) is 11.5 Å². The minimum atomic E-state index is 0.267. The summed E-state index contributed by atoms with van der Waals surface area (Å²) < 4.78 is 2.26. The largest absolute Gasteiger partial charge is 0.508 e. The van der Waals surface area contributed by atoms with Gasteiger partial charge in [-0.3, -0.25) is 0 Å². The minimum absolute atomic E-state index is 0.267. The first-order valence-corrected chi connectivity index (χ1v) is 7.23. The van der Waals surface area contributed by atoms with Gasteiger partial charge in [0.15, 0.2) is 0 Å². The van der Waals surface area contributed by atoms with Crippen LogP contribution < -0.4 is 0 Å². The molecule has 3 heteroatoms. The van der Waals surface area contributed by atoms with Crippen LogP contribution in [0.5, 0.6) is 11.5 Å². The summed E-state index contributed by atoms with van der Waals surface area (Å²) >= 11 is 0. The molecule has 0 saturated carbocycles. The normalized spacial score (nSPS) is 11.1. The number of fused-ring (bicyclic) bond motifs is 1. The van der Waals surface area contributed by atoms with Crippen molar-refractivity contribution < 1.29 is 10.2 Å². The number of phenols is 2. The Morgan fingerprint density at radius 3 is 2.48 bits per heavy atom. The first-order valence-electron chi connectivity index (χ1n) is 7.23. The quantitative estimate of drug-likeness (QED) is 0.745. The monoisotopic (exact) mass is 281 g/mol. The molecule has 0 amide bonds. The standard InChI is InChI=1S/C18H19NO2/c1-3-9-19-17-8-7-15(21)11-16(17)12(2)18(19)13-5-4-6-14(20)10-13/h4-8,10-11,20-21H,3,9H2,1-2H3. The fourth-order valence-corrected chi connectivity index (χ4v) is 2.99. The Morgan fingerprint density at radius 2 is 1.76 bits per heavy atom. The summed E-state index contributed by atoms with van der Waals surface area (Å²) in [6.45, 7) is 5.11. The van der Waals surface area contributed by atoms with E-state index < -0.39 is 0 Å². The van der Waals surface area contributed by atoms with Gasteiger partial charge in [-0.1, -0.05) is 19.1 Å². The molecule has 0 bridgehead atoms. The maximum atomic E-state index is 9.76. The van der Waals surface area contributed by atoms with Crippen molar-refractivity contribution in [3.8, 4) is 22.8 Å². The van der Waals surface area contributed by atoms with Crippen LogP contribution in [0, 0.1) is 6.92 Å². The topological polar surface area (TPSA) is 45.4 Å². The number of hydrogen-bond acceptors (Lipinski definition) is 2.